The third-order valence-corrected chi connectivity index (χ3v) is 4.40. The van der Waals surface area contributed by atoms with Crippen LogP contribution in [-0.4, -0.2) is 41.8 Å². The number of nitrogens with one attached hydrogen (secondary N) is 1. The summed E-state index contributed by atoms with van der Waals surface area (Å²) >= 11 is 0. The molecule has 0 bridgehead atoms. The minimum atomic E-state index is -0.368. The topological polar surface area (TPSA) is 41.6 Å². The van der Waals surface area contributed by atoms with E-state index in [1.807, 2.05) is 11.8 Å². The molecular weight excluding hydrogens is 228 g/mol. The number of rotatable bonds is 4. The van der Waals surface area contributed by atoms with Gasteiger partial charge in [0, 0.05) is 13.2 Å². The maximum absolute atomic E-state index is 12.4. The molecule has 2 heterocycles. The van der Waals surface area contributed by atoms with E-state index in [-0.39, 0.29) is 17.6 Å². The van der Waals surface area contributed by atoms with Crippen molar-refractivity contribution >= 4 is 5.91 Å². The Morgan fingerprint density at radius 2 is 2.28 bits per heavy atom. The molecule has 2 aliphatic rings. The lowest BCUT2D eigenvalue weighted by Gasteiger charge is -2.27. The van der Waals surface area contributed by atoms with Gasteiger partial charge in [0.2, 0.25) is 5.91 Å². The van der Waals surface area contributed by atoms with Crippen molar-refractivity contribution in [2.45, 2.75) is 70.7 Å². The molecular formula is C14H26N2O2. The molecule has 1 amide bonds. The molecule has 1 N–H and O–H groups in total. The average Bonchev–Trinajstić information content (AvgIpc) is 2.60. The van der Waals surface area contributed by atoms with E-state index < -0.39 is 0 Å². The van der Waals surface area contributed by atoms with Gasteiger partial charge in [-0.05, 0) is 46.0 Å². The molecule has 0 aromatic rings. The first-order chi connectivity index (χ1) is 8.57. The third kappa shape index (κ3) is 2.69. The second-order valence-corrected chi connectivity index (χ2v) is 5.78. The molecule has 4 heteroatoms. The standard InChI is InChI=1S/C14H26N2O2/c1-4-14(3)13(17)16(11(2)15-14)9-8-12-7-5-6-10-18-12/h11-12,15H,4-10H2,1-3H3. The Morgan fingerprint density at radius 1 is 1.50 bits per heavy atom. The zero-order valence-electron chi connectivity index (χ0n) is 11.9. The summed E-state index contributed by atoms with van der Waals surface area (Å²) in [5, 5.41) is 3.40. The summed E-state index contributed by atoms with van der Waals surface area (Å²) < 4.78 is 5.73. The molecule has 0 aromatic heterocycles. The van der Waals surface area contributed by atoms with Crippen LogP contribution in [0.1, 0.15) is 52.9 Å². The van der Waals surface area contributed by atoms with Gasteiger partial charge in [-0.25, -0.2) is 0 Å². The summed E-state index contributed by atoms with van der Waals surface area (Å²) in [5.74, 6) is 0.244. The SMILES string of the molecule is CCC1(C)NC(C)N(CCC2CCCCO2)C1=O. The van der Waals surface area contributed by atoms with E-state index in [1.165, 1.54) is 12.8 Å². The highest BCUT2D eigenvalue weighted by Crippen LogP contribution is 2.24. The van der Waals surface area contributed by atoms with E-state index in [0.29, 0.717) is 6.10 Å². The van der Waals surface area contributed by atoms with E-state index >= 15 is 0 Å². The first-order valence-electron chi connectivity index (χ1n) is 7.27. The Kier molecular flexibility index (Phi) is 4.28. The van der Waals surface area contributed by atoms with Gasteiger partial charge in [-0.15, -0.1) is 0 Å². The van der Waals surface area contributed by atoms with E-state index in [0.717, 1.165) is 32.4 Å². The molecule has 18 heavy (non-hydrogen) atoms. The lowest BCUT2D eigenvalue weighted by atomic mass is 9.99. The van der Waals surface area contributed by atoms with Crippen LogP contribution >= 0.6 is 0 Å². The number of carbonyl (C=O) groups is 1. The molecule has 3 unspecified atom stereocenters. The first kappa shape index (κ1) is 13.8. The molecule has 2 saturated heterocycles. The van der Waals surface area contributed by atoms with Crippen molar-refractivity contribution in [2.24, 2.45) is 0 Å². The minimum Gasteiger partial charge on any atom is -0.378 e. The van der Waals surface area contributed by atoms with Crippen molar-refractivity contribution in [1.82, 2.24) is 10.2 Å². The molecule has 0 aliphatic carbocycles. The first-order valence-corrected chi connectivity index (χ1v) is 7.27. The highest BCUT2D eigenvalue weighted by atomic mass is 16.5. The monoisotopic (exact) mass is 254 g/mol. The zero-order chi connectivity index (χ0) is 13.2. The summed E-state index contributed by atoms with van der Waals surface area (Å²) in [6.07, 6.45) is 5.90. The van der Waals surface area contributed by atoms with E-state index in [1.54, 1.807) is 0 Å². The van der Waals surface area contributed by atoms with Gasteiger partial charge in [0.15, 0.2) is 0 Å². The third-order valence-electron chi connectivity index (χ3n) is 4.40. The zero-order valence-corrected chi connectivity index (χ0v) is 11.9. The quantitative estimate of drug-likeness (QED) is 0.833. The number of ether oxygens (including phenoxy) is 1. The smallest absolute Gasteiger partial charge is 0.243 e. The Balaban J connectivity index is 1.87. The predicted molar refractivity (Wildman–Crippen MR) is 71.2 cm³/mol. The maximum atomic E-state index is 12.4. The van der Waals surface area contributed by atoms with Crippen LogP contribution in [-0.2, 0) is 9.53 Å². The lowest BCUT2D eigenvalue weighted by molar-refractivity contribution is -0.133. The van der Waals surface area contributed by atoms with Gasteiger partial charge in [-0.3, -0.25) is 10.1 Å². The van der Waals surface area contributed by atoms with Crippen LogP contribution < -0.4 is 5.32 Å². The van der Waals surface area contributed by atoms with E-state index in [2.05, 4.69) is 19.2 Å². The van der Waals surface area contributed by atoms with Crippen LogP contribution in [0.25, 0.3) is 0 Å². The summed E-state index contributed by atoms with van der Waals surface area (Å²) in [5.41, 5.74) is -0.368. The van der Waals surface area contributed by atoms with Crippen LogP contribution in [0.4, 0.5) is 0 Å². The number of amides is 1. The highest BCUT2D eigenvalue weighted by molar-refractivity contribution is 5.88. The molecule has 0 saturated carbocycles. The lowest BCUT2D eigenvalue weighted by Crippen LogP contribution is -2.43. The fourth-order valence-electron chi connectivity index (χ4n) is 2.96. The summed E-state index contributed by atoms with van der Waals surface area (Å²) in [6.45, 7) is 7.83. The molecule has 4 nitrogen and oxygen atoms in total. The molecule has 0 aromatic carbocycles. The van der Waals surface area contributed by atoms with Crippen molar-refractivity contribution in [3.8, 4) is 0 Å². The van der Waals surface area contributed by atoms with Crippen molar-refractivity contribution in [2.75, 3.05) is 13.2 Å². The number of carbonyl (C=O) groups excluding carboxylic acids is 1. The van der Waals surface area contributed by atoms with Gasteiger partial charge in [-0.1, -0.05) is 6.92 Å². The Bertz CT molecular complexity index is 302. The number of nitrogens with zero attached hydrogens (tertiary/aromatic N) is 1. The molecule has 104 valence electrons. The van der Waals surface area contributed by atoms with E-state index in [4.69, 9.17) is 4.74 Å². The van der Waals surface area contributed by atoms with Gasteiger partial charge in [0.05, 0.1) is 17.8 Å². The van der Waals surface area contributed by atoms with Crippen molar-refractivity contribution < 1.29 is 9.53 Å². The summed E-state index contributed by atoms with van der Waals surface area (Å²) in [4.78, 5) is 14.3. The van der Waals surface area contributed by atoms with Crippen LogP contribution in [0.15, 0.2) is 0 Å². The molecule has 0 radical (unpaired) electrons. The van der Waals surface area contributed by atoms with Gasteiger partial charge < -0.3 is 9.64 Å². The van der Waals surface area contributed by atoms with Crippen LogP contribution in [0.5, 0.6) is 0 Å². The van der Waals surface area contributed by atoms with Crippen molar-refractivity contribution in [1.29, 1.82) is 0 Å². The fourth-order valence-corrected chi connectivity index (χ4v) is 2.96. The van der Waals surface area contributed by atoms with Crippen molar-refractivity contribution in [3.05, 3.63) is 0 Å². The summed E-state index contributed by atoms with van der Waals surface area (Å²) in [7, 11) is 0. The Morgan fingerprint density at radius 3 is 2.83 bits per heavy atom. The maximum Gasteiger partial charge on any atom is 0.243 e. The van der Waals surface area contributed by atoms with Crippen molar-refractivity contribution in [3.63, 3.8) is 0 Å². The number of hydrogen-bond donors (Lipinski definition) is 1. The largest absolute Gasteiger partial charge is 0.378 e. The van der Waals surface area contributed by atoms with E-state index in [9.17, 15) is 4.79 Å². The molecule has 3 atom stereocenters. The van der Waals surface area contributed by atoms with Gasteiger partial charge >= 0.3 is 0 Å². The highest BCUT2D eigenvalue weighted by Gasteiger charge is 2.44. The Hall–Kier alpha value is -0.610. The Labute approximate surface area is 110 Å². The second kappa shape index (κ2) is 5.57. The second-order valence-electron chi connectivity index (χ2n) is 5.78. The van der Waals surface area contributed by atoms with Crippen LogP contribution in [0.3, 0.4) is 0 Å². The predicted octanol–water partition coefficient (Wildman–Crippen LogP) is 1.89. The molecule has 2 aliphatic heterocycles. The van der Waals surface area contributed by atoms with Gasteiger partial charge in [0.25, 0.3) is 0 Å². The minimum absolute atomic E-state index is 0.144. The average molecular weight is 254 g/mol. The fraction of sp³-hybridized carbons (Fsp3) is 0.929. The summed E-state index contributed by atoms with van der Waals surface area (Å²) in [6, 6.07) is 0. The van der Waals surface area contributed by atoms with Crippen LogP contribution in [0, 0.1) is 0 Å². The molecule has 0 spiro atoms. The molecule has 2 rings (SSSR count). The van der Waals surface area contributed by atoms with Gasteiger partial charge in [-0.2, -0.15) is 0 Å². The number of hydrogen-bond acceptors (Lipinski definition) is 3. The molecule has 2 fully saturated rings. The van der Waals surface area contributed by atoms with Gasteiger partial charge in [0.1, 0.15) is 0 Å². The normalized spacial score (nSPS) is 37.3. The van der Waals surface area contributed by atoms with Crippen LogP contribution in [0.2, 0.25) is 0 Å².